The molecule has 0 saturated heterocycles. The van der Waals surface area contributed by atoms with Crippen LogP contribution in [0.5, 0.6) is 0 Å². The van der Waals surface area contributed by atoms with Crippen LogP contribution in [0.4, 0.5) is 26.3 Å². The summed E-state index contributed by atoms with van der Waals surface area (Å²) in [6.45, 7) is 0. The van der Waals surface area contributed by atoms with Gasteiger partial charge in [-0.05, 0) is 0 Å². The van der Waals surface area contributed by atoms with Gasteiger partial charge in [0.05, 0.1) is 0 Å². The Morgan fingerprint density at radius 2 is 1.50 bits per heavy atom. The quantitative estimate of drug-likeness (QED) is 0.547. The van der Waals surface area contributed by atoms with Gasteiger partial charge in [0.15, 0.2) is 5.69 Å². The summed E-state index contributed by atoms with van der Waals surface area (Å²) in [4.78, 5) is 0. The van der Waals surface area contributed by atoms with Crippen LogP contribution < -0.4 is 0 Å². The molecule has 76 valence electrons. The number of hydrogen-bond donors (Lipinski definition) is 1. The van der Waals surface area contributed by atoms with Gasteiger partial charge in [0, 0.05) is 6.07 Å². The fraction of sp³-hybridized carbons (Fsp3) is 0.400. The van der Waals surface area contributed by atoms with Crippen LogP contribution in [0.15, 0.2) is 6.07 Å². The van der Waals surface area contributed by atoms with Crippen molar-refractivity contribution < 1.29 is 26.3 Å². The molecule has 1 aromatic heterocycles. The molecule has 0 aliphatic heterocycles. The normalized spacial score (nSPS) is 12.4. The zero-order chi connectivity index (χ0) is 10.3. The Morgan fingerprint density at radius 3 is 1.71 bits per heavy atom. The van der Waals surface area contributed by atoms with Crippen LogP contribution in [-0.2, 0) is 12.4 Å². The zero-order valence-electron chi connectivity index (χ0n) is 5.79. The van der Waals surface area contributed by atoms with Crippen molar-refractivity contribution >= 4 is 51.4 Å². The number of H-pyrrole nitrogens is 1. The average molecular weight is 244 g/mol. The molecule has 0 atom stereocenters. The molecular formula is C5H3F6KN2. The molecular weight excluding hydrogens is 241 g/mol. The van der Waals surface area contributed by atoms with Gasteiger partial charge >= 0.3 is 63.7 Å². The Hall–Kier alpha value is 0.426. The number of nitrogens with zero attached hydrogens (tertiary/aromatic N) is 1. The average Bonchev–Trinajstić information content (AvgIpc) is 2.28. The number of hydrogen-bond acceptors (Lipinski definition) is 1. The van der Waals surface area contributed by atoms with Crippen LogP contribution in [0.1, 0.15) is 11.4 Å². The molecule has 0 aliphatic carbocycles. The van der Waals surface area contributed by atoms with Crippen LogP contribution in [0.3, 0.4) is 0 Å². The van der Waals surface area contributed by atoms with E-state index in [1.807, 2.05) is 0 Å². The Kier molecular flexibility index (Phi) is 4.65. The van der Waals surface area contributed by atoms with E-state index in [0.29, 0.717) is 0 Å². The van der Waals surface area contributed by atoms with Crippen molar-refractivity contribution in [1.29, 1.82) is 0 Å². The summed E-state index contributed by atoms with van der Waals surface area (Å²) in [5, 5.41) is 3.74. The fourth-order valence-corrected chi connectivity index (χ4v) is 0.612. The summed E-state index contributed by atoms with van der Waals surface area (Å²) in [6, 6.07) is -0.0833. The van der Waals surface area contributed by atoms with Crippen LogP contribution in [0, 0.1) is 0 Å². The number of halogens is 6. The summed E-state index contributed by atoms with van der Waals surface area (Å²) >= 11 is 0. The number of aromatic nitrogens is 2. The third kappa shape index (κ3) is 3.53. The van der Waals surface area contributed by atoms with Gasteiger partial charge in [-0.15, -0.1) is 0 Å². The Morgan fingerprint density at radius 1 is 1.00 bits per heavy atom. The van der Waals surface area contributed by atoms with E-state index in [4.69, 9.17) is 0 Å². The first-order valence-electron chi connectivity index (χ1n) is 2.91. The van der Waals surface area contributed by atoms with Crippen molar-refractivity contribution in [3.8, 4) is 0 Å². The van der Waals surface area contributed by atoms with Crippen molar-refractivity contribution in [3.63, 3.8) is 0 Å². The summed E-state index contributed by atoms with van der Waals surface area (Å²) in [7, 11) is 0. The van der Waals surface area contributed by atoms with Crippen molar-refractivity contribution in [2.24, 2.45) is 0 Å². The van der Waals surface area contributed by atoms with Gasteiger partial charge in [0.2, 0.25) is 0 Å². The van der Waals surface area contributed by atoms with E-state index in [2.05, 4.69) is 5.10 Å². The third-order valence-corrected chi connectivity index (χ3v) is 1.17. The summed E-state index contributed by atoms with van der Waals surface area (Å²) in [5.41, 5.74) is -3.10. The summed E-state index contributed by atoms with van der Waals surface area (Å²) < 4.78 is 70.5. The molecule has 1 rings (SSSR count). The molecule has 1 aromatic rings. The third-order valence-electron chi connectivity index (χ3n) is 1.17. The predicted octanol–water partition coefficient (Wildman–Crippen LogP) is 1.80. The Labute approximate surface area is 116 Å². The molecule has 0 bridgehead atoms. The number of nitrogens with one attached hydrogen (secondary N) is 1. The van der Waals surface area contributed by atoms with Gasteiger partial charge < -0.3 is 0 Å². The molecule has 0 unspecified atom stereocenters. The van der Waals surface area contributed by atoms with E-state index < -0.39 is 23.7 Å². The van der Waals surface area contributed by atoms with Gasteiger partial charge in [-0.25, -0.2) is 0 Å². The van der Waals surface area contributed by atoms with Gasteiger partial charge in [-0.1, -0.05) is 0 Å². The first-order valence-corrected chi connectivity index (χ1v) is 2.91. The van der Waals surface area contributed by atoms with Crippen LogP contribution >= 0.6 is 0 Å². The first-order chi connectivity index (χ1) is 5.71. The molecule has 0 saturated carbocycles. The van der Waals surface area contributed by atoms with Crippen LogP contribution in [0.25, 0.3) is 0 Å². The molecule has 0 amide bonds. The topological polar surface area (TPSA) is 28.7 Å². The van der Waals surface area contributed by atoms with Gasteiger partial charge in [-0.2, -0.15) is 31.4 Å². The molecule has 1 heterocycles. The molecule has 0 spiro atoms. The Bertz CT molecular complexity index is 271. The van der Waals surface area contributed by atoms with Crippen molar-refractivity contribution in [2.75, 3.05) is 0 Å². The van der Waals surface area contributed by atoms with Crippen LogP contribution in [0.2, 0.25) is 0 Å². The molecule has 0 aliphatic rings. The molecule has 9 heteroatoms. The van der Waals surface area contributed by atoms with E-state index in [9.17, 15) is 26.3 Å². The van der Waals surface area contributed by atoms with Gasteiger partial charge in [-0.3, -0.25) is 5.10 Å². The van der Waals surface area contributed by atoms with Crippen molar-refractivity contribution in [2.45, 2.75) is 12.4 Å². The SMILES string of the molecule is FC(F)(F)c1cc(C(F)(F)F)[nH]n1.[KH]. The maximum atomic E-state index is 11.8. The minimum atomic E-state index is -4.86. The first kappa shape index (κ1) is 14.4. The van der Waals surface area contributed by atoms with Gasteiger partial charge in [0.25, 0.3) is 0 Å². The van der Waals surface area contributed by atoms with E-state index >= 15 is 0 Å². The fourth-order valence-electron chi connectivity index (χ4n) is 0.612. The van der Waals surface area contributed by atoms with E-state index in [0.717, 1.165) is 0 Å². The number of aromatic amines is 1. The molecule has 0 fully saturated rings. The minimum absolute atomic E-state index is 0. The van der Waals surface area contributed by atoms with E-state index in [1.54, 1.807) is 0 Å². The molecule has 1 N–H and O–H groups in total. The monoisotopic (exact) mass is 244 g/mol. The van der Waals surface area contributed by atoms with Crippen molar-refractivity contribution in [1.82, 2.24) is 10.2 Å². The van der Waals surface area contributed by atoms with Crippen LogP contribution in [-0.4, -0.2) is 61.6 Å². The van der Waals surface area contributed by atoms with Crippen molar-refractivity contribution in [3.05, 3.63) is 17.5 Å². The summed E-state index contributed by atoms with van der Waals surface area (Å²) in [5.74, 6) is 0. The number of rotatable bonds is 0. The zero-order valence-corrected chi connectivity index (χ0v) is 5.79. The molecule has 0 aromatic carbocycles. The standard InChI is InChI=1S/C5H2F6N2.K.H/c6-4(7,8)2-1-3(13-12-2)5(9,10)11;;/h1H,(H,12,13);;. The Balaban J connectivity index is 0.00000169. The van der Waals surface area contributed by atoms with Gasteiger partial charge in [0.1, 0.15) is 5.69 Å². The summed E-state index contributed by atoms with van der Waals surface area (Å²) in [6.07, 6.45) is -9.70. The number of alkyl halides is 6. The second-order valence-electron chi connectivity index (χ2n) is 2.16. The van der Waals surface area contributed by atoms with E-state index in [-0.39, 0.29) is 57.5 Å². The van der Waals surface area contributed by atoms with E-state index in [1.165, 1.54) is 5.10 Å². The maximum absolute atomic E-state index is 11.8. The second-order valence-corrected chi connectivity index (χ2v) is 2.16. The predicted molar refractivity (Wildman–Crippen MR) is 35.7 cm³/mol. The molecule has 14 heavy (non-hydrogen) atoms. The molecule has 2 nitrogen and oxygen atoms in total. The molecule has 0 radical (unpaired) electrons. The second kappa shape index (κ2) is 4.52.